The predicted octanol–water partition coefficient (Wildman–Crippen LogP) is 3.72. The standard InChI is InChI=1S/C21H22F3N3O4S/c22-21(23,24)16-6-7-19(18(10-16)27(29)30)32-14-20(28)25-11-17-13-26(8-9-31-17)12-15-4-2-1-3-5-15/h1-7,10,17H,8-9,11-14H2,(H,25,28). The number of nitro groups is 1. The summed E-state index contributed by atoms with van der Waals surface area (Å²) in [6.07, 6.45) is -4.87. The number of rotatable bonds is 8. The first-order chi connectivity index (χ1) is 15.2. The average molecular weight is 469 g/mol. The molecular formula is C21H22F3N3O4S. The molecule has 11 heteroatoms. The molecule has 1 saturated heterocycles. The van der Waals surface area contributed by atoms with Crippen LogP contribution in [0.15, 0.2) is 53.4 Å². The monoisotopic (exact) mass is 469 g/mol. The Morgan fingerprint density at radius 1 is 1.25 bits per heavy atom. The molecule has 1 amide bonds. The second-order valence-corrected chi connectivity index (χ2v) is 8.26. The van der Waals surface area contributed by atoms with Crippen LogP contribution in [0.25, 0.3) is 0 Å². The normalized spacial score (nSPS) is 17.2. The van der Waals surface area contributed by atoms with Crippen molar-refractivity contribution < 1.29 is 27.6 Å². The van der Waals surface area contributed by atoms with Crippen molar-refractivity contribution in [2.75, 3.05) is 32.0 Å². The number of nitrogens with one attached hydrogen (secondary N) is 1. The van der Waals surface area contributed by atoms with Crippen LogP contribution in [0, 0.1) is 10.1 Å². The number of benzene rings is 2. The van der Waals surface area contributed by atoms with Gasteiger partial charge < -0.3 is 10.1 Å². The third-order valence-corrected chi connectivity index (χ3v) is 5.90. The third-order valence-electron chi connectivity index (χ3n) is 4.84. The smallest absolute Gasteiger partial charge is 0.374 e. The van der Waals surface area contributed by atoms with E-state index in [0.717, 1.165) is 37.0 Å². The number of halogens is 3. The van der Waals surface area contributed by atoms with Gasteiger partial charge in [0.25, 0.3) is 5.69 Å². The van der Waals surface area contributed by atoms with Crippen molar-refractivity contribution in [2.24, 2.45) is 0 Å². The van der Waals surface area contributed by atoms with Gasteiger partial charge in [0.1, 0.15) is 0 Å². The lowest BCUT2D eigenvalue weighted by atomic mass is 10.2. The van der Waals surface area contributed by atoms with Gasteiger partial charge in [-0.25, -0.2) is 0 Å². The van der Waals surface area contributed by atoms with E-state index >= 15 is 0 Å². The first-order valence-electron chi connectivity index (χ1n) is 9.85. The summed E-state index contributed by atoms with van der Waals surface area (Å²) in [5.74, 6) is -0.542. The van der Waals surface area contributed by atoms with Crippen LogP contribution in [-0.2, 0) is 22.3 Å². The molecule has 1 unspecified atom stereocenters. The molecule has 2 aromatic rings. The number of morpholine rings is 1. The fourth-order valence-electron chi connectivity index (χ4n) is 3.27. The Balaban J connectivity index is 1.48. The molecular weight excluding hydrogens is 447 g/mol. The molecule has 3 rings (SSSR count). The number of alkyl halides is 3. The number of ether oxygens (including phenoxy) is 1. The number of amides is 1. The quantitative estimate of drug-likeness (QED) is 0.360. The van der Waals surface area contributed by atoms with Crippen LogP contribution in [-0.4, -0.2) is 53.8 Å². The van der Waals surface area contributed by atoms with Crippen molar-refractivity contribution >= 4 is 23.4 Å². The lowest BCUT2D eigenvalue weighted by Gasteiger charge is -2.33. The predicted molar refractivity (Wildman–Crippen MR) is 113 cm³/mol. The summed E-state index contributed by atoms with van der Waals surface area (Å²) in [7, 11) is 0. The zero-order valence-corrected chi connectivity index (χ0v) is 17.8. The molecule has 0 bridgehead atoms. The lowest BCUT2D eigenvalue weighted by molar-refractivity contribution is -0.388. The number of hydrogen-bond acceptors (Lipinski definition) is 6. The van der Waals surface area contributed by atoms with Crippen molar-refractivity contribution in [3.05, 3.63) is 69.8 Å². The SMILES string of the molecule is O=C(CSc1ccc(C(F)(F)F)cc1[N+](=O)[O-])NCC1CN(Cc2ccccc2)CCO1. The van der Waals surface area contributed by atoms with Crippen molar-refractivity contribution in [3.63, 3.8) is 0 Å². The number of hydrogen-bond donors (Lipinski definition) is 1. The first-order valence-corrected chi connectivity index (χ1v) is 10.8. The molecule has 0 saturated carbocycles. The van der Waals surface area contributed by atoms with E-state index in [4.69, 9.17) is 4.74 Å². The van der Waals surface area contributed by atoms with Crippen molar-refractivity contribution in [1.29, 1.82) is 0 Å². The molecule has 1 aliphatic heterocycles. The van der Waals surface area contributed by atoms with Gasteiger partial charge in [0, 0.05) is 32.2 Å². The van der Waals surface area contributed by atoms with Crippen molar-refractivity contribution in [3.8, 4) is 0 Å². The second kappa shape index (κ2) is 10.8. The Hall–Kier alpha value is -2.63. The topological polar surface area (TPSA) is 84.7 Å². The molecule has 1 heterocycles. The molecule has 7 nitrogen and oxygen atoms in total. The van der Waals surface area contributed by atoms with Crippen LogP contribution in [0.2, 0.25) is 0 Å². The zero-order chi connectivity index (χ0) is 23.1. The first kappa shape index (κ1) is 24.0. The number of nitrogens with zero attached hydrogens (tertiary/aromatic N) is 2. The molecule has 1 aliphatic rings. The Bertz CT molecular complexity index is 944. The molecule has 0 aliphatic carbocycles. The van der Waals surface area contributed by atoms with E-state index in [0.29, 0.717) is 19.2 Å². The maximum atomic E-state index is 12.8. The van der Waals surface area contributed by atoms with Crippen molar-refractivity contribution in [1.82, 2.24) is 10.2 Å². The molecule has 0 aromatic heterocycles. The highest BCUT2D eigenvalue weighted by Crippen LogP contribution is 2.36. The number of carbonyl (C=O) groups is 1. The molecule has 1 N–H and O–H groups in total. The third kappa shape index (κ3) is 6.94. The van der Waals surface area contributed by atoms with E-state index in [2.05, 4.69) is 10.2 Å². The van der Waals surface area contributed by atoms with E-state index in [1.54, 1.807) is 0 Å². The summed E-state index contributed by atoms with van der Waals surface area (Å²) < 4.78 is 44.1. The van der Waals surface area contributed by atoms with Gasteiger partial charge in [0.15, 0.2) is 0 Å². The fourth-order valence-corrected chi connectivity index (χ4v) is 4.10. The Kier molecular flexibility index (Phi) is 8.10. The molecule has 172 valence electrons. The van der Waals surface area contributed by atoms with Gasteiger partial charge in [-0.15, -0.1) is 11.8 Å². The summed E-state index contributed by atoms with van der Waals surface area (Å²) >= 11 is 0.819. The van der Waals surface area contributed by atoms with Crippen LogP contribution >= 0.6 is 11.8 Å². The van der Waals surface area contributed by atoms with Gasteiger partial charge in [-0.3, -0.25) is 19.8 Å². The minimum absolute atomic E-state index is 0.00102. The minimum atomic E-state index is -4.68. The Labute approximate surface area is 187 Å². The van der Waals surface area contributed by atoms with Gasteiger partial charge in [0.2, 0.25) is 5.91 Å². The minimum Gasteiger partial charge on any atom is -0.374 e. The molecule has 1 fully saturated rings. The largest absolute Gasteiger partial charge is 0.416 e. The van der Waals surface area contributed by atoms with Crippen molar-refractivity contribution in [2.45, 2.75) is 23.7 Å². The number of nitro benzene ring substituents is 1. The molecule has 0 radical (unpaired) electrons. The van der Waals surface area contributed by atoms with E-state index in [1.807, 2.05) is 30.3 Å². The van der Waals surface area contributed by atoms with E-state index < -0.39 is 22.4 Å². The zero-order valence-electron chi connectivity index (χ0n) is 17.0. The van der Waals surface area contributed by atoms with E-state index in [1.165, 1.54) is 5.56 Å². The fraction of sp³-hybridized carbons (Fsp3) is 0.381. The highest BCUT2D eigenvalue weighted by Gasteiger charge is 2.33. The Morgan fingerprint density at radius 3 is 2.69 bits per heavy atom. The maximum Gasteiger partial charge on any atom is 0.416 e. The number of carbonyl (C=O) groups excluding carboxylic acids is 1. The number of thioether (sulfide) groups is 1. The molecule has 2 aromatic carbocycles. The lowest BCUT2D eigenvalue weighted by Crippen LogP contribution is -2.47. The molecule has 0 spiro atoms. The van der Waals surface area contributed by atoms with Crippen LogP contribution in [0.1, 0.15) is 11.1 Å². The van der Waals surface area contributed by atoms with Crippen LogP contribution in [0.3, 0.4) is 0 Å². The van der Waals surface area contributed by atoms with Gasteiger partial charge in [-0.2, -0.15) is 13.2 Å². The summed E-state index contributed by atoms with van der Waals surface area (Å²) in [5.41, 5.74) is -0.594. The van der Waals surface area contributed by atoms with E-state index in [-0.39, 0.29) is 29.2 Å². The van der Waals surface area contributed by atoms with Gasteiger partial charge in [0.05, 0.1) is 33.8 Å². The van der Waals surface area contributed by atoms with Crippen LogP contribution in [0.4, 0.5) is 18.9 Å². The molecule has 32 heavy (non-hydrogen) atoms. The summed E-state index contributed by atoms with van der Waals surface area (Å²) in [4.78, 5) is 24.7. The summed E-state index contributed by atoms with van der Waals surface area (Å²) in [6, 6.07) is 12.3. The molecule has 1 atom stereocenters. The van der Waals surface area contributed by atoms with Gasteiger partial charge in [-0.05, 0) is 17.7 Å². The average Bonchev–Trinajstić information content (AvgIpc) is 2.76. The van der Waals surface area contributed by atoms with Crippen LogP contribution in [0.5, 0.6) is 0 Å². The summed E-state index contributed by atoms with van der Waals surface area (Å²) in [5, 5.41) is 13.9. The highest BCUT2D eigenvalue weighted by atomic mass is 32.2. The Morgan fingerprint density at radius 2 is 2.00 bits per heavy atom. The van der Waals surface area contributed by atoms with Gasteiger partial charge in [-0.1, -0.05) is 30.3 Å². The van der Waals surface area contributed by atoms with E-state index in [9.17, 15) is 28.1 Å². The second-order valence-electron chi connectivity index (χ2n) is 7.24. The van der Waals surface area contributed by atoms with Gasteiger partial charge >= 0.3 is 6.18 Å². The highest BCUT2D eigenvalue weighted by molar-refractivity contribution is 8.00. The maximum absolute atomic E-state index is 12.8. The summed E-state index contributed by atoms with van der Waals surface area (Å²) in [6.45, 7) is 3.03. The van der Waals surface area contributed by atoms with Crippen LogP contribution < -0.4 is 5.32 Å².